The highest BCUT2D eigenvalue weighted by molar-refractivity contribution is 5.72. The third kappa shape index (κ3) is 2.17. The summed E-state index contributed by atoms with van der Waals surface area (Å²) in [4.78, 5) is 14.3. The molecular formula is C16H27NO3. The van der Waals surface area contributed by atoms with Crippen LogP contribution in [0.15, 0.2) is 0 Å². The quantitative estimate of drug-likeness (QED) is 0.742. The Morgan fingerprint density at radius 2 is 2.00 bits per heavy atom. The molecule has 3 aliphatic rings. The van der Waals surface area contributed by atoms with E-state index in [1.165, 1.54) is 12.8 Å². The number of carbonyl (C=O) groups is 1. The normalized spacial score (nSPS) is 40.0. The van der Waals surface area contributed by atoms with E-state index in [-0.39, 0.29) is 17.5 Å². The molecule has 0 aromatic carbocycles. The number of carbonyl (C=O) groups excluding carboxylic acids is 1. The molecule has 3 fully saturated rings. The molecule has 0 amide bonds. The van der Waals surface area contributed by atoms with Gasteiger partial charge < -0.3 is 9.47 Å². The van der Waals surface area contributed by atoms with Gasteiger partial charge in [0.15, 0.2) is 0 Å². The van der Waals surface area contributed by atoms with Gasteiger partial charge in [0.25, 0.3) is 0 Å². The van der Waals surface area contributed by atoms with E-state index in [0.29, 0.717) is 17.9 Å². The average molecular weight is 281 g/mol. The van der Waals surface area contributed by atoms with Crippen LogP contribution in [0, 0.1) is 16.7 Å². The Morgan fingerprint density at radius 1 is 1.30 bits per heavy atom. The summed E-state index contributed by atoms with van der Waals surface area (Å²) in [5, 5.41) is 0. The lowest BCUT2D eigenvalue weighted by atomic mass is 9.70. The molecule has 0 spiro atoms. The van der Waals surface area contributed by atoms with E-state index in [9.17, 15) is 4.79 Å². The summed E-state index contributed by atoms with van der Waals surface area (Å²) >= 11 is 0. The molecule has 0 radical (unpaired) electrons. The van der Waals surface area contributed by atoms with Crippen molar-refractivity contribution in [3.05, 3.63) is 0 Å². The second kappa shape index (κ2) is 4.99. The Morgan fingerprint density at radius 3 is 2.55 bits per heavy atom. The fourth-order valence-corrected chi connectivity index (χ4v) is 4.45. The Bertz CT molecular complexity index is 389. The van der Waals surface area contributed by atoms with Crippen LogP contribution in [0.25, 0.3) is 0 Å². The van der Waals surface area contributed by atoms with Crippen LogP contribution in [-0.2, 0) is 14.3 Å². The first kappa shape index (κ1) is 14.3. The molecule has 1 heterocycles. The van der Waals surface area contributed by atoms with E-state index in [2.05, 4.69) is 25.7 Å². The zero-order valence-electron chi connectivity index (χ0n) is 13.0. The number of fused-ring (bicyclic) bond motifs is 2. The maximum atomic E-state index is 12.2. The largest absolute Gasteiger partial charge is 0.461 e. The fraction of sp³-hybridized carbons (Fsp3) is 0.938. The minimum atomic E-state index is -0.0542. The molecule has 4 heteroatoms. The van der Waals surface area contributed by atoms with Gasteiger partial charge in [-0.05, 0) is 30.6 Å². The van der Waals surface area contributed by atoms with Crippen molar-refractivity contribution >= 4 is 5.97 Å². The van der Waals surface area contributed by atoms with Crippen molar-refractivity contribution in [1.82, 2.24) is 4.90 Å². The number of esters is 1. The zero-order valence-corrected chi connectivity index (χ0v) is 13.0. The topological polar surface area (TPSA) is 38.8 Å². The standard InChI is InChI=1S/C16H27NO3/c1-15(2)12-4-5-16(15,3)13(10-12)20-14(18)11-17-6-8-19-9-7-17/h12-13H,4-11H2,1-3H3/t12-,13+,16-/m1/s1. The van der Waals surface area contributed by atoms with Crippen LogP contribution in [0.5, 0.6) is 0 Å². The van der Waals surface area contributed by atoms with Crippen molar-refractivity contribution in [2.24, 2.45) is 16.7 Å². The lowest BCUT2D eigenvalue weighted by Gasteiger charge is -2.38. The number of morpholine rings is 1. The molecule has 2 saturated carbocycles. The van der Waals surface area contributed by atoms with Crippen LogP contribution in [0.4, 0.5) is 0 Å². The summed E-state index contributed by atoms with van der Waals surface area (Å²) in [5.74, 6) is 0.662. The molecule has 0 unspecified atom stereocenters. The number of rotatable bonds is 3. The minimum Gasteiger partial charge on any atom is -0.461 e. The van der Waals surface area contributed by atoms with Crippen molar-refractivity contribution in [2.45, 2.75) is 46.1 Å². The molecule has 0 N–H and O–H groups in total. The van der Waals surface area contributed by atoms with Crippen molar-refractivity contribution < 1.29 is 14.3 Å². The van der Waals surface area contributed by atoms with Crippen molar-refractivity contribution in [2.75, 3.05) is 32.8 Å². The maximum Gasteiger partial charge on any atom is 0.320 e. The van der Waals surface area contributed by atoms with Crippen LogP contribution in [0.1, 0.15) is 40.0 Å². The van der Waals surface area contributed by atoms with Crippen LogP contribution in [0.2, 0.25) is 0 Å². The van der Waals surface area contributed by atoms with Gasteiger partial charge >= 0.3 is 5.97 Å². The van der Waals surface area contributed by atoms with Gasteiger partial charge in [0.2, 0.25) is 0 Å². The van der Waals surface area contributed by atoms with Crippen LogP contribution < -0.4 is 0 Å². The predicted molar refractivity (Wildman–Crippen MR) is 76.4 cm³/mol. The van der Waals surface area contributed by atoms with Crippen molar-refractivity contribution in [3.8, 4) is 0 Å². The van der Waals surface area contributed by atoms with E-state index in [4.69, 9.17) is 9.47 Å². The second-order valence-corrected chi connectivity index (χ2v) is 7.48. The summed E-state index contributed by atoms with van der Waals surface area (Å²) in [5.41, 5.74) is 0.468. The molecular weight excluding hydrogens is 254 g/mol. The van der Waals surface area contributed by atoms with Gasteiger partial charge in [-0.3, -0.25) is 9.69 Å². The van der Waals surface area contributed by atoms with Gasteiger partial charge in [0.1, 0.15) is 6.10 Å². The zero-order chi connectivity index (χ0) is 14.4. The van der Waals surface area contributed by atoms with Crippen LogP contribution in [0.3, 0.4) is 0 Å². The molecule has 0 aromatic heterocycles. The first-order chi connectivity index (χ1) is 9.43. The lowest BCUT2D eigenvalue weighted by Crippen LogP contribution is -2.43. The lowest BCUT2D eigenvalue weighted by molar-refractivity contribution is -0.159. The minimum absolute atomic E-state index is 0.0542. The third-order valence-electron chi connectivity index (χ3n) is 6.44. The first-order valence-electron chi connectivity index (χ1n) is 7.93. The third-order valence-corrected chi connectivity index (χ3v) is 6.44. The molecule has 3 atom stereocenters. The molecule has 1 aliphatic heterocycles. The van der Waals surface area contributed by atoms with E-state index in [1.807, 2.05) is 0 Å². The summed E-state index contributed by atoms with van der Waals surface area (Å²) in [7, 11) is 0. The molecule has 20 heavy (non-hydrogen) atoms. The second-order valence-electron chi connectivity index (χ2n) is 7.48. The average Bonchev–Trinajstić information content (AvgIpc) is 2.73. The summed E-state index contributed by atoms with van der Waals surface area (Å²) < 4.78 is 11.2. The number of hydrogen-bond donors (Lipinski definition) is 0. The predicted octanol–water partition coefficient (Wildman–Crippen LogP) is 2.08. The monoisotopic (exact) mass is 281 g/mol. The highest BCUT2D eigenvalue weighted by Crippen LogP contribution is 2.66. The van der Waals surface area contributed by atoms with Crippen LogP contribution >= 0.6 is 0 Å². The number of hydrogen-bond acceptors (Lipinski definition) is 4. The van der Waals surface area contributed by atoms with E-state index in [0.717, 1.165) is 32.7 Å². The Balaban J connectivity index is 1.57. The van der Waals surface area contributed by atoms with Crippen molar-refractivity contribution in [1.29, 1.82) is 0 Å². The van der Waals surface area contributed by atoms with E-state index >= 15 is 0 Å². The van der Waals surface area contributed by atoms with E-state index < -0.39 is 0 Å². The molecule has 1 saturated heterocycles. The van der Waals surface area contributed by atoms with Gasteiger partial charge in [-0.15, -0.1) is 0 Å². The number of nitrogens with zero attached hydrogens (tertiary/aromatic N) is 1. The Hall–Kier alpha value is -0.610. The van der Waals surface area contributed by atoms with Gasteiger partial charge in [0, 0.05) is 18.5 Å². The van der Waals surface area contributed by atoms with Gasteiger partial charge in [-0.2, -0.15) is 0 Å². The van der Waals surface area contributed by atoms with Gasteiger partial charge in [-0.25, -0.2) is 0 Å². The SMILES string of the molecule is CC1(C)[C@@H]2CC[C@]1(C)[C@@H](OC(=O)CN1CCOCC1)C2. The molecule has 0 aromatic rings. The Labute approximate surface area is 121 Å². The summed E-state index contributed by atoms with van der Waals surface area (Å²) in [6.07, 6.45) is 3.66. The molecule has 114 valence electrons. The summed E-state index contributed by atoms with van der Waals surface area (Å²) in [6.45, 7) is 10.6. The molecule has 4 nitrogen and oxygen atoms in total. The first-order valence-corrected chi connectivity index (χ1v) is 7.93. The fourth-order valence-electron chi connectivity index (χ4n) is 4.45. The van der Waals surface area contributed by atoms with Gasteiger partial charge in [0.05, 0.1) is 19.8 Å². The van der Waals surface area contributed by atoms with Gasteiger partial charge in [-0.1, -0.05) is 20.8 Å². The molecule has 3 rings (SSSR count). The van der Waals surface area contributed by atoms with E-state index in [1.54, 1.807) is 0 Å². The molecule has 2 bridgehead atoms. The highest BCUT2D eigenvalue weighted by Gasteiger charge is 2.62. The molecule has 2 aliphatic carbocycles. The summed E-state index contributed by atoms with van der Waals surface area (Å²) in [6, 6.07) is 0. The highest BCUT2D eigenvalue weighted by atomic mass is 16.5. The maximum absolute atomic E-state index is 12.2. The Kier molecular flexibility index (Phi) is 3.57. The van der Waals surface area contributed by atoms with Crippen molar-refractivity contribution in [3.63, 3.8) is 0 Å². The van der Waals surface area contributed by atoms with Crippen LogP contribution in [-0.4, -0.2) is 49.8 Å². The smallest absolute Gasteiger partial charge is 0.320 e. The number of ether oxygens (including phenoxy) is 2.